The van der Waals surface area contributed by atoms with Crippen LogP contribution in [0.2, 0.25) is 0 Å². The molecule has 0 spiro atoms. The van der Waals surface area contributed by atoms with Gasteiger partial charge in [0.25, 0.3) is 0 Å². The zero-order valence-corrected chi connectivity index (χ0v) is 16.3. The number of nitrogens with zero attached hydrogens (tertiary/aromatic N) is 2. The maximum atomic E-state index is 14.1. The van der Waals surface area contributed by atoms with Gasteiger partial charge in [-0.25, -0.2) is 17.2 Å². The molecule has 1 saturated heterocycles. The van der Waals surface area contributed by atoms with E-state index >= 15 is 0 Å². The Balaban J connectivity index is 1.46. The molecular weight excluding hydrogens is 388 g/mol. The van der Waals surface area contributed by atoms with Crippen molar-refractivity contribution in [2.24, 2.45) is 5.73 Å². The molecule has 152 valence electrons. The van der Waals surface area contributed by atoms with Crippen LogP contribution in [0.25, 0.3) is 0 Å². The van der Waals surface area contributed by atoms with Crippen LogP contribution in [0.3, 0.4) is 0 Å². The third-order valence-corrected chi connectivity index (χ3v) is 6.56. The third-order valence-electron chi connectivity index (χ3n) is 5.59. The molecule has 28 heavy (non-hydrogen) atoms. The average molecular weight is 411 g/mol. The predicted molar refractivity (Wildman–Crippen MR) is 100 cm³/mol. The maximum Gasteiger partial charge on any atom is 0.235 e. The highest BCUT2D eigenvalue weighted by Crippen LogP contribution is 2.33. The summed E-state index contributed by atoms with van der Waals surface area (Å²) in [5, 5.41) is 0. The molecule has 0 radical (unpaired) electrons. The summed E-state index contributed by atoms with van der Waals surface area (Å²) in [7, 11) is -3.31. The molecule has 2 aliphatic rings. The highest BCUT2D eigenvalue weighted by Gasteiger charge is 2.35. The van der Waals surface area contributed by atoms with E-state index < -0.39 is 33.8 Å². The van der Waals surface area contributed by atoms with Gasteiger partial charge in [-0.2, -0.15) is 0 Å². The number of nitrogens with two attached hydrogens (primary N) is 1. The molecule has 1 aromatic carbocycles. The lowest BCUT2D eigenvalue weighted by Gasteiger charge is -2.41. The number of benzene rings is 1. The van der Waals surface area contributed by atoms with Gasteiger partial charge in [-0.3, -0.25) is 8.87 Å². The summed E-state index contributed by atoms with van der Waals surface area (Å²) in [5.74, 6) is -1.04. The minimum Gasteiger partial charge on any atom is -0.370 e. The van der Waals surface area contributed by atoms with Crippen LogP contribution >= 0.6 is 0 Å². The Bertz CT molecular complexity index is 992. The lowest BCUT2D eigenvalue weighted by molar-refractivity contribution is -0.0547. The van der Waals surface area contributed by atoms with Gasteiger partial charge in [-0.05, 0) is 42.2 Å². The second kappa shape index (κ2) is 7.22. The number of aromatic nitrogens is 1. The second-order valence-corrected chi connectivity index (χ2v) is 9.48. The largest absolute Gasteiger partial charge is 0.370 e. The zero-order chi connectivity index (χ0) is 20.1. The lowest BCUT2D eigenvalue weighted by Crippen LogP contribution is -2.50. The molecule has 2 N–H and O–H groups in total. The third kappa shape index (κ3) is 3.71. The van der Waals surface area contributed by atoms with Crippen molar-refractivity contribution >= 4 is 10.0 Å². The van der Waals surface area contributed by atoms with Gasteiger partial charge in [0.2, 0.25) is 10.0 Å². The van der Waals surface area contributed by atoms with E-state index in [9.17, 15) is 17.2 Å². The first-order valence-corrected chi connectivity index (χ1v) is 11.0. The smallest absolute Gasteiger partial charge is 0.235 e. The Hall–Kier alpha value is -1.81. The maximum absolute atomic E-state index is 14.1. The van der Waals surface area contributed by atoms with Crippen LogP contribution in [0.1, 0.15) is 29.2 Å². The van der Waals surface area contributed by atoms with Crippen molar-refractivity contribution in [1.29, 1.82) is 0 Å². The Kier molecular flexibility index (Phi) is 5.03. The van der Waals surface area contributed by atoms with Crippen LogP contribution in [-0.2, 0) is 27.7 Å². The molecule has 3 atom stereocenters. The van der Waals surface area contributed by atoms with Crippen LogP contribution in [0.4, 0.5) is 8.78 Å². The summed E-state index contributed by atoms with van der Waals surface area (Å²) in [6, 6.07) is 2.88. The Morgan fingerprint density at radius 3 is 2.68 bits per heavy atom. The molecule has 1 aromatic heterocycles. The van der Waals surface area contributed by atoms with Crippen molar-refractivity contribution in [3.05, 3.63) is 58.9 Å². The van der Waals surface area contributed by atoms with Crippen molar-refractivity contribution in [2.45, 2.75) is 37.6 Å². The fourth-order valence-corrected chi connectivity index (χ4v) is 4.73. The monoisotopic (exact) mass is 411 g/mol. The molecule has 0 amide bonds. The van der Waals surface area contributed by atoms with Crippen LogP contribution < -0.4 is 5.73 Å². The van der Waals surface area contributed by atoms with Gasteiger partial charge in [0, 0.05) is 43.1 Å². The fraction of sp³-hybridized carbons (Fsp3) is 0.474. The summed E-state index contributed by atoms with van der Waals surface area (Å²) >= 11 is 0. The number of halogens is 2. The molecule has 9 heteroatoms. The number of fused-ring (bicyclic) bond motifs is 1. The number of hydrogen-bond acceptors (Lipinski definition) is 5. The van der Waals surface area contributed by atoms with Crippen LogP contribution in [-0.4, -0.2) is 48.8 Å². The van der Waals surface area contributed by atoms with E-state index in [0.717, 1.165) is 42.3 Å². The van der Waals surface area contributed by atoms with Crippen LogP contribution in [0, 0.1) is 11.6 Å². The number of rotatable bonds is 3. The summed E-state index contributed by atoms with van der Waals surface area (Å²) in [6.07, 6.45) is 5.15. The fourth-order valence-electron chi connectivity index (χ4n) is 4.09. The van der Waals surface area contributed by atoms with Crippen molar-refractivity contribution in [3.63, 3.8) is 0 Å². The van der Waals surface area contributed by atoms with E-state index in [1.807, 2.05) is 0 Å². The van der Waals surface area contributed by atoms with Gasteiger partial charge in [0.05, 0.1) is 12.9 Å². The molecule has 0 bridgehead atoms. The average Bonchev–Trinajstić information content (AvgIpc) is 3.07. The van der Waals surface area contributed by atoms with E-state index in [0.29, 0.717) is 19.6 Å². The quantitative estimate of drug-likeness (QED) is 0.833. The molecule has 3 heterocycles. The first-order valence-electron chi connectivity index (χ1n) is 9.19. The SMILES string of the molecule is CS(=O)(=O)n1cc2c(c1)CN([C@H]1CO[C@H](c3cc(F)ccc3F)[C@@H](N)C1)CC2. The Morgan fingerprint density at radius 2 is 1.96 bits per heavy atom. The minimum absolute atomic E-state index is 0.0394. The standard InChI is InChI=1S/C19H23F2N3O3S/c1-28(25,26)24-9-12-4-5-23(8-13(12)10-24)15-7-18(22)19(27-11-15)16-6-14(20)2-3-17(16)21/h2-3,6,9-10,15,18-19H,4-5,7-8,11,22H2,1H3/t15-,18+,19-/m1/s1. The molecule has 0 saturated carbocycles. The van der Waals surface area contributed by atoms with Crippen molar-refractivity contribution in [2.75, 3.05) is 19.4 Å². The lowest BCUT2D eigenvalue weighted by atomic mass is 9.92. The van der Waals surface area contributed by atoms with Gasteiger partial charge in [-0.15, -0.1) is 0 Å². The van der Waals surface area contributed by atoms with Crippen LogP contribution in [0.5, 0.6) is 0 Å². The molecule has 6 nitrogen and oxygen atoms in total. The molecule has 0 unspecified atom stereocenters. The van der Waals surface area contributed by atoms with Crippen molar-refractivity contribution < 1.29 is 21.9 Å². The van der Waals surface area contributed by atoms with E-state index in [1.165, 1.54) is 10.2 Å². The minimum atomic E-state index is -3.31. The van der Waals surface area contributed by atoms with E-state index in [-0.39, 0.29) is 11.6 Å². The van der Waals surface area contributed by atoms with Gasteiger partial charge in [0.1, 0.15) is 17.7 Å². The summed E-state index contributed by atoms with van der Waals surface area (Å²) in [5.41, 5.74) is 8.41. The highest BCUT2D eigenvalue weighted by atomic mass is 32.2. The molecule has 2 aliphatic heterocycles. The number of hydrogen-bond donors (Lipinski definition) is 1. The first kappa shape index (κ1) is 19.5. The van der Waals surface area contributed by atoms with Gasteiger partial charge in [0.15, 0.2) is 0 Å². The second-order valence-electron chi connectivity index (χ2n) is 7.60. The Labute approximate surface area is 162 Å². The predicted octanol–water partition coefficient (Wildman–Crippen LogP) is 1.79. The normalized spacial score (nSPS) is 26.2. The Morgan fingerprint density at radius 1 is 1.21 bits per heavy atom. The molecule has 2 aromatic rings. The first-order chi connectivity index (χ1) is 13.2. The topological polar surface area (TPSA) is 77.6 Å². The van der Waals surface area contributed by atoms with E-state index in [1.54, 1.807) is 12.4 Å². The summed E-state index contributed by atoms with van der Waals surface area (Å²) in [4.78, 5) is 2.22. The molecular formula is C19H23F2N3O3S. The van der Waals surface area contributed by atoms with E-state index in [4.69, 9.17) is 10.5 Å². The van der Waals surface area contributed by atoms with Crippen LogP contribution in [0.15, 0.2) is 30.6 Å². The van der Waals surface area contributed by atoms with Gasteiger partial charge >= 0.3 is 0 Å². The molecule has 0 aliphatic carbocycles. The zero-order valence-electron chi connectivity index (χ0n) is 15.5. The highest BCUT2D eigenvalue weighted by molar-refractivity contribution is 7.89. The summed E-state index contributed by atoms with van der Waals surface area (Å²) < 4.78 is 58.2. The summed E-state index contributed by atoms with van der Waals surface area (Å²) in [6.45, 7) is 1.73. The van der Waals surface area contributed by atoms with Crippen molar-refractivity contribution in [1.82, 2.24) is 8.87 Å². The van der Waals surface area contributed by atoms with Crippen molar-refractivity contribution in [3.8, 4) is 0 Å². The van der Waals surface area contributed by atoms with E-state index in [2.05, 4.69) is 4.90 Å². The van der Waals surface area contributed by atoms with Gasteiger partial charge in [-0.1, -0.05) is 0 Å². The van der Waals surface area contributed by atoms with Gasteiger partial charge < -0.3 is 10.5 Å². The molecule has 1 fully saturated rings. The molecule has 4 rings (SSSR count). The number of ether oxygens (including phenoxy) is 1.